The Morgan fingerprint density at radius 3 is 2.48 bits per heavy atom. The van der Waals surface area contributed by atoms with Gasteiger partial charge in [-0.2, -0.15) is 0 Å². The summed E-state index contributed by atoms with van der Waals surface area (Å²) < 4.78 is 10.9. The first-order chi connectivity index (χ1) is 14.0. The molecule has 1 aromatic rings. The fourth-order valence-corrected chi connectivity index (χ4v) is 3.72. The van der Waals surface area contributed by atoms with Gasteiger partial charge in [-0.25, -0.2) is 4.79 Å². The van der Waals surface area contributed by atoms with Crippen molar-refractivity contribution in [2.75, 3.05) is 58.8 Å². The Morgan fingerprint density at radius 1 is 1.17 bits per heavy atom. The number of hydrogen-bond acceptors (Lipinski definition) is 5. The second-order valence-electron chi connectivity index (χ2n) is 7.27. The molecule has 7 nitrogen and oxygen atoms in total. The van der Waals surface area contributed by atoms with Gasteiger partial charge in [0.2, 0.25) is 0 Å². The first-order valence-electron chi connectivity index (χ1n) is 10.3. The van der Waals surface area contributed by atoms with Crippen molar-refractivity contribution in [3.63, 3.8) is 0 Å². The molecule has 29 heavy (non-hydrogen) atoms. The number of benzene rings is 1. The van der Waals surface area contributed by atoms with Gasteiger partial charge in [-0.15, -0.1) is 0 Å². The lowest BCUT2D eigenvalue weighted by atomic mass is 10.0. The molecule has 0 aliphatic carbocycles. The number of anilines is 1. The zero-order valence-corrected chi connectivity index (χ0v) is 18.8. The van der Waals surface area contributed by atoms with Gasteiger partial charge in [0.1, 0.15) is 5.75 Å². The molecule has 0 aromatic heterocycles. The molecule has 1 aliphatic heterocycles. The number of thiocarbonyl (C=S) groups is 1. The molecule has 0 saturated carbocycles. The number of para-hydroxylation sites is 2. The minimum absolute atomic E-state index is 0.225. The maximum atomic E-state index is 12.0. The fraction of sp³-hybridized carbons (Fsp3) is 0.619. The SMILES string of the molecule is CCOC(=O)N1CCC(N(CCN(C)C)C(=S)Nc2ccccc2OCC)CC1. The van der Waals surface area contributed by atoms with Gasteiger partial charge in [0, 0.05) is 32.2 Å². The number of rotatable bonds is 8. The normalized spacial score (nSPS) is 14.6. The quantitative estimate of drug-likeness (QED) is 0.645. The summed E-state index contributed by atoms with van der Waals surface area (Å²) in [6, 6.07) is 8.12. The highest BCUT2D eigenvalue weighted by Crippen LogP contribution is 2.25. The number of nitrogens with one attached hydrogen (secondary N) is 1. The van der Waals surface area contributed by atoms with E-state index < -0.39 is 0 Å². The van der Waals surface area contributed by atoms with E-state index in [1.165, 1.54) is 0 Å². The third kappa shape index (κ3) is 7.04. The molecule has 1 fully saturated rings. The predicted molar refractivity (Wildman–Crippen MR) is 121 cm³/mol. The third-order valence-electron chi connectivity index (χ3n) is 4.91. The van der Waals surface area contributed by atoms with Crippen LogP contribution < -0.4 is 10.1 Å². The molecule has 1 amide bonds. The van der Waals surface area contributed by atoms with Gasteiger partial charge in [0.15, 0.2) is 5.11 Å². The van der Waals surface area contributed by atoms with E-state index in [-0.39, 0.29) is 12.1 Å². The summed E-state index contributed by atoms with van der Waals surface area (Å²) in [5, 5.41) is 4.07. The van der Waals surface area contributed by atoms with Gasteiger partial charge in [-0.1, -0.05) is 12.1 Å². The Morgan fingerprint density at radius 2 is 1.86 bits per heavy atom. The average molecular weight is 423 g/mol. The summed E-state index contributed by atoms with van der Waals surface area (Å²) in [4.78, 5) is 18.2. The first-order valence-corrected chi connectivity index (χ1v) is 10.7. The van der Waals surface area contributed by atoms with Crippen LogP contribution >= 0.6 is 12.2 Å². The molecule has 0 atom stereocenters. The lowest BCUT2D eigenvalue weighted by molar-refractivity contribution is 0.0867. The number of likely N-dealkylation sites (tertiary alicyclic amines) is 1. The minimum atomic E-state index is -0.225. The Kier molecular flexibility index (Phi) is 9.47. The predicted octanol–water partition coefficient (Wildman–Crippen LogP) is 3.27. The summed E-state index contributed by atoms with van der Waals surface area (Å²) in [5.74, 6) is 0.794. The van der Waals surface area contributed by atoms with Gasteiger partial charge in [0.25, 0.3) is 0 Å². The van der Waals surface area contributed by atoms with Crippen LogP contribution in [0.4, 0.5) is 10.5 Å². The molecule has 0 bridgehead atoms. The van der Waals surface area contributed by atoms with Crippen LogP contribution in [-0.4, -0.2) is 85.4 Å². The molecule has 0 spiro atoms. The van der Waals surface area contributed by atoms with Crippen molar-refractivity contribution < 1.29 is 14.3 Å². The number of ether oxygens (including phenoxy) is 2. The highest BCUT2D eigenvalue weighted by Gasteiger charge is 2.29. The molecule has 0 radical (unpaired) electrons. The molecule has 1 aromatic carbocycles. The van der Waals surface area contributed by atoms with E-state index in [0.717, 1.165) is 37.4 Å². The van der Waals surface area contributed by atoms with E-state index in [2.05, 4.69) is 29.2 Å². The second kappa shape index (κ2) is 11.8. The number of hydrogen-bond donors (Lipinski definition) is 1. The number of nitrogens with zero attached hydrogens (tertiary/aromatic N) is 3. The van der Waals surface area contributed by atoms with Crippen LogP contribution in [0.3, 0.4) is 0 Å². The molecule has 162 valence electrons. The van der Waals surface area contributed by atoms with Crippen LogP contribution in [0.1, 0.15) is 26.7 Å². The van der Waals surface area contributed by atoms with Crippen molar-refractivity contribution in [1.82, 2.24) is 14.7 Å². The van der Waals surface area contributed by atoms with Gasteiger partial charge in [-0.05, 0) is 65.1 Å². The lowest BCUT2D eigenvalue weighted by Gasteiger charge is -2.40. The van der Waals surface area contributed by atoms with E-state index in [9.17, 15) is 4.79 Å². The van der Waals surface area contributed by atoms with Crippen molar-refractivity contribution in [2.45, 2.75) is 32.7 Å². The highest BCUT2D eigenvalue weighted by atomic mass is 32.1. The highest BCUT2D eigenvalue weighted by molar-refractivity contribution is 7.80. The van der Waals surface area contributed by atoms with Crippen LogP contribution in [0.25, 0.3) is 0 Å². The van der Waals surface area contributed by atoms with Crippen LogP contribution in [0.2, 0.25) is 0 Å². The molecule has 1 heterocycles. The van der Waals surface area contributed by atoms with Crippen molar-refractivity contribution >= 4 is 29.1 Å². The number of likely N-dealkylation sites (N-methyl/N-ethyl adjacent to an activating group) is 1. The maximum Gasteiger partial charge on any atom is 0.409 e. The third-order valence-corrected chi connectivity index (χ3v) is 5.25. The number of carbonyl (C=O) groups excluding carboxylic acids is 1. The number of carbonyl (C=O) groups is 1. The van der Waals surface area contributed by atoms with E-state index in [4.69, 9.17) is 21.7 Å². The summed E-state index contributed by atoms with van der Waals surface area (Å²) in [7, 11) is 4.12. The van der Waals surface area contributed by atoms with Crippen molar-refractivity contribution in [3.8, 4) is 5.75 Å². The Balaban J connectivity index is 2.06. The number of piperidine rings is 1. The van der Waals surface area contributed by atoms with Crippen LogP contribution in [0.15, 0.2) is 24.3 Å². The standard InChI is InChI=1S/C21H34N4O3S/c1-5-27-19-10-8-7-9-18(19)22-20(29)25(16-15-23(3)4)17-11-13-24(14-12-17)21(26)28-6-2/h7-10,17H,5-6,11-16H2,1-4H3,(H,22,29). The zero-order chi connectivity index (χ0) is 21.2. The number of amides is 1. The molecule has 1 N–H and O–H groups in total. The maximum absolute atomic E-state index is 12.0. The zero-order valence-electron chi connectivity index (χ0n) is 18.0. The van der Waals surface area contributed by atoms with Crippen molar-refractivity contribution in [1.29, 1.82) is 0 Å². The molecular weight excluding hydrogens is 388 g/mol. The van der Waals surface area contributed by atoms with Gasteiger partial charge >= 0.3 is 6.09 Å². The van der Waals surface area contributed by atoms with Gasteiger partial charge < -0.3 is 29.5 Å². The molecule has 1 saturated heterocycles. The first kappa shape index (κ1) is 23.2. The summed E-state index contributed by atoms with van der Waals surface area (Å²) >= 11 is 5.79. The van der Waals surface area contributed by atoms with Crippen LogP contribution in [0, 0.1) is 0 Å². The Labute approximate surface area is 179 Å². The van der Waals surface area contributed by atoms with E-state index in [0.29, 0.717) is 31.4 Å². The second-order valence-corrected chi connectivity index (χ2v) is 7.66. The molecule has 8 heteroatoms. The summed E-state index contributed by atoms with van der Waals surface area (Å²) in [6.45, 7) is 7.88. The monoisotopic (exact) mass is 422 g/mol. The fourth-order valence-electron chi connectivity index (χ4n) is 3.37. The van der Waals surface area contributed by atoms with Crippen molar-refractivity contribution in [3.05, 3.63) is 24.3 Å². The summed E-state index contributed by atoms with van der Waals surface area (Å²) in [5.41, 5.74) is 0.873. The van der Waals surface area contributed by atoms with Crippen LogP contribution in [-0.2, 0) is 4.74 Å². The average Bonchev–Trinajstić information content (AvgIpc) is 2.70. The smallest absolute Gasteiger partial charge is 0.409 e. The molecule has 1 aliphatic rings. The van der Waals surface area contributed by atoms with E-state index in [1.54, 1.807) is 4.90 Å². The Hall–Kier alpha value is -2.06. The van der Waals surface area contributed by atoms with Gasteiger partial charge in [-0.3, -0.25) is 0 Å². The lowest BCUT2D eigenvalue weighted by Crippen LogP contribution is -2.51. The largest absolute Gasteiger partial charge is 0.492 e. The van der Waals surface area contributed by atoms with Crippen LogP contribution in [0.5, 0.6) is 5.75 Å². The summed E-state index contributed by atoms with van der Waals surface area (Å²) in [6.07, 6.45) is 1.50. The molecular formula is C21H34N4O3S. The molecule has 2 rings (SSSR count). The Bertz CT molecular complexity index is 663. The molecule has 0 unspecified atom stereocenters. The van der Waals surface area contributed by atoms with Gasteiger partial charge in [0.05, 0.1) is 18.9 Å². The van der Waals surface area contributed by atoms with E-state index >= 15 is 0 Å². The van der Waals surface area contributed by atoms with Crippen molar-refractivity contribution in [2.24, 2.45) is 0 Å². The minimum Gasteiger partial charge on any atom is -0.492 e. The van der Waals surface area contributed by atoms with E-state index in [1.807, 2.05) is 38.1 Å². The topological polar surface area (TPSA) is 57.3 Å².